The number of nitrogens with zero attached hydrogens (tertiary/aromatic N) is 1. The predicted molar refractivity (Wildman–Crippen MR) is 73.7 cm³/mol. The van der Waals surface area contributed by atoms with Gasteiger partial charge in [-0.15, -0.1) is 0 Å². The molecule has 100 valence electrons. The summed E-state index contributed by atoms with van der Waals surface area (Å²) in [5.74, 6) is -0.440. The van der Waals surface area contributed by atoms with Gasteiger partial charge in [-0.2, -0.15) is 0 Å². The Bertz CT molecular complexity index is 511. The third-order valence-corrected chi connectivity index (χ3v) is 4.71. The third kappa shape index (κ3) is 1.89. The van der Waals surface area contributed by atoms with Gasteiger partial charge in [0.05, 0.1) is 0 Å². The smallest absolute Gasteiger partial charge is 0.315 e. The summed E-state index contributed by atoms with van der Waals surface area (Å²) in [6.45, 7) is 3.66. The van der Waals surface area contributed by atoms with Crippen molar-refractivity contribution in [1.82, 2.24) is 4.90 Å². The lowest BCUT2D eigenvalue weighted by molar-refractivity contribution is -0.146. The number of hydrogen-bond acceptors (Lipinski definition) is 2. The first-order valence-electron chi connectivity index (χ1n) is 6.83. The number of rotatable bonds is 3. The molecule has 3 atom stereocenters. The van der Waals surface area contributed by atoms with E-state index in [0.717, 1.165) is 13.0 Å². The van der Waals surface area contributed by atoms with Crippen LogP contribution in [0.5, 0.6) is 0 Å². The van der Waals surface area contributed by atoms with Crippen molar-refractivity contribution in [3.63, 3.8) is 0 Å². The Kier molecular flexibility index (Phi) is 2.94. The second-order valence-corrected chi connectivity index (χ2v) is 5.70. The maximum Gasteiger partial charge on any atom is 0.315 e. The number of carbonyl (C=O) groups is 1. The molecular weight excluding hydrogens is 238 g/mol. The van der Waals surface area contributed by atoms with Gasteiger partial charge < -0.3 is 5.11 Å². The first-order valence-corrected chi connectivity index (χ1v) is 6.83. The average molecular weight is 257 g/mol. The van der Waals surface area contributed by atoms with Crippen molar-refractivity contribution in [3.8, 4) is 0 Å². The van der Waals surface area contributed by atoms with Crippen LogP contribution in [0.25, 0.3) is 0 Å². The zero-order chi connectivity index (χ0) is 13.5. The van der Waals surface area contributed by atoms with Gasteiger partial charge in [0.25, 0.3) is 0 Å². The highest BCUT2D eigenvalue weighted by molar-refractivity contribution is 5.79. The Morgan fingerprint density at radius 2 is 2.16 bits per heavy atom. The fourth-order valence-corrected chi connectivity index (χ4v) is 3.44. The van der Waals surface area contributed by atoms with E-state index >= 15 is 0 Å². The number of allylic oxidation sites excluding steroid dienone is 1. The van der Waals surface area contributed by atoms with Gasteiger partial charge in [0.2, 0.25) is 0 Å². The van der Waals surface area contributed by atoms with E-state index in [-0.39, 0.29) is 12.0 Å². The summed E-state index contributed by atoms with van der Waals surface area (Å²) in [5.41, 5.74) is 0.607. The molecule has 0 amide bonds. The van der Waals surface area contributed by atoms with Gasteiger partial charge in [0.15, 0.2) is 0 Å². The van der Waals surface area contributed by atoms with E-state index in [1.54, 1.807) is 0 Å². The topological polar surface area (TPSA) is 40.5 Å². The van der Waals surface area contributed by atoms with E-state index in [2.05, 4.69) is 24.0 Å². The van der Waals surface area contributed by atoms with Crippen LogP contribution >= 0.6 is 0 Å². The quantitative estimate of drug-likeness (QED) is 0.846. The zero-order valence-electron chi connectivity index (χ0n) is 11.1. The highest BCUT2D eigenvalue weighted by Gasteiger charge is 2.53. The SMILES string of the molecule is C[C@H](c1ccccc1)N1C[C@H]2CC=C[C@@]2(C(=O)O)C1. The Labute approximate surface area is 113 Å². The highest BCUT2D eigenvalue weighted by atomic mass is 16.4. The summed E-state index contributed by atoms with van der Waals surface area (Å²) in [5, 5.41) is 9.57. The van der Waals surface area contributed by atoms with Gasteiger partial charge in [-0.3, -0.25) is 9.69 Å². The normalized spacial score (nSPS) is 31.3. The van der Waals surface area contributed by atoms with Crippen LogP contribution in [0.4, 0.5) is 0 Å². The molecule has 19 heavy (non-hydrogen) atoms. The Morgan fingerprint density at radius 3 is 2.79 bits per heavy atom. The molecule has 1 aromatic carbocycles. The van der Waals surface area contributed by atoms with Crippen LogP contribution in [0.2, 0.25) is 0 Å². The van der Waals surface area contributed by atoms with Crippen molar-refractivity contribution in [2.24, 2.45) is 11.3 Å². The zero-order valence-corrected chi connectivity index (χ0v) is 11.1. The lowest BCUT2D eigenvalue weighted by Crippen LogP contribution is -2.35. The number of carboxylic acids is 1. The van der Waals surface area contributed by atoms with Crippen LogP contribution in [0.15, 0.2) is 42.5 Å². The van der Waals surface area contributed by atoms with Crippen LogP contribution < -0.4 is 0 Å². The van der Waals surface area contributed by atoms with Crippen LogP contribution in [0.3, 0.4) is 0 Å². The Balaban J connectivity index is 1.83. The standard InChI is InChI=1S/C16H19NO2/c1-12(13-6-3-2-4-7-13)17-10-14-8-5-9-16(14,11-17)15(18)19/h2-7,9,12,14H,8,10-11H2,1H3,(H,18,19)/t12-,14-,16-/m1/s1. The first-order chi connectivity index (χ1) is 9.13. The summed E-state index contributed by atoms with van der Waals surface area (Å²) in [7, 11) is 0. The minimum Gasteiger partial charge on any atom is -0.481 e. The number of aliphatic carboxylic acids is 1. The van der Waals surface area contributed by atoms with E-state index in [1.165, 1.54) is 5.56 Å². The molecule has 0 saturated carbocycles. The average Bonchev–Trinajstić information content (AvgIpc) is 2.96. The molecule has 1 saturated heterocycles. The molecule has 1 heterocycles. The number of benzene rings is 1. The van der Waals surface area contributed by atoms with Crippen LogP contribution in [0, 0.1) is 11.3 Å². The summed E-state index contributed by atoms with van der Waals surface area (Å²) in [6, 6.07) is 10.6. The Hall–Kier alpha value is -1.61. The number of likely N-dealkylation sites (tertiary alicyclic amines) is 1. The fourth-order valence-electron chi connectivity index (χ4n) is 3.44. The molecule has 0 bridgehead atoms. The van der Waals surface area contributed by atoms with E-state index < -0.39 is 11.4 Å². The second kappa shape index (κ2) is 4.49. The number of fused-ring (bicyclic) bond motifs is 1. The predicted octanol–water partition coefficient (Wildman–Crippen LogP) is 2.71. The molecule has 1 aromatic rings. The molecule has 3 rings (SSSR count). The molecule has 0 radical (unpaired) electrons. The van der Waals surface area contributed by atoms with Gasteiger partial charge >= 0.3 is 5.97 Å². The lowest BCUT2D eigenvalue weighted by atomic mass is 9.81. The molecule has 0 unspecified atom stereocenters. The van der Waals surface area contributed by atoms with Gasteiger partial charge in [-0.25, -0.2) is 0 Å². The Morgan fingerprint density at radius 1 is 1.42 bits per heavy atom. The highest BCUT2D eigenvalue weighted by Crippen LogP contribution is 2.46. The van der Waals surface area contributed by atoms with Crippen molar-refractivity contribution >= 4 is 5.97 Å². The molecule has 1 N–H and O–H groups in total. The van der Waals surface area contributed by atoms with Crippen molar-refractivity contribution in [2.75, 3.05) is 13.1 Å². The minimum absolute atomic E-state index is 0.233. The van der Waals surface area contributed by atoms with Crippen LogP contribution in [-0.2, 0) is 4.79 Å². The first kappa shape index (κ1) is 12.4. The molecule has 1 aliphatic heterocycles. The molecule has 0 spiro atoms. The summed E-state index contributed by atoms with van der Waals surface area (Å²) in [6.07, 6.45) is 4.84. The second-order valence-electron chi connectivity index (χ2n) is 5.70. The summed E-state index contributed by atoms with van der Waals surface area (Å²) in [4.78, 5) is 13.9. The lowest BCUT2D eigenvalue weighted by Gasteiger charge is -2.26. The summed E-state index contributed by atoms with van der Waals surface area (Å²) >= 11 is 0. The van der Waals surface area contributed by atoms with E-state index in [0.29, 0.717) is 6.54 Å². The molecular formula is C16H19NO2. The molecule has 0 aromatic heterocycles. The van der Waals surface area contributed by atoms with E-state index in [1.807, 2.05) is 30.4 Å². The molecule has 1 aliphatic carbocycles. The maximum atomic E-state index is 11.6. The van der Waals surface area contributed by atoms with Crippen LogP contribution in [-0.4, -0.2) is 29.1 Å². The van der Waals surface area contributed by atoms with Gasteiger partial charge in [0.1, 0.15) is 5.41 Å². The molecule has 1 fully saturated rings. The number of carboxylic acid groups (broad SMARTS) is 1. The van der Waals surface area contributed by atoms with Crippen LogP contribution in [0.1, 0.15) is 24.9 Å². The molecule has 3 nitrogen and oxygen atoms in total. The molecule has 2 aliphatic rings. The minimum atomic E-state index is -0.672. The fraction of sp³-hybridized carbons (Fsp3) is 0.438. The van der Waals surface area contributed by atoms with Gasteiger partial charge in [0, 0.05) is 19.1 Å². The third-order valence-electron chi connectivity index (χ3n) is 4.71. The van der Waals surface area contributed by atoms with Gasteiger partial charge in [-0.05, 0) is 24.8 Å². The summed E-state index contributed by atoms with van der Waals surface area (Å²) < 4.78 is 0. The van der Waals surface area contributed by atoms with Gasteiger partial charge in [-0.1, -0.05) is 42.5 Å². The largest absolute Gasteiger partial charge is 0.481 e. The van der Waals surface area contributed by atoms with Crippen molar-refractivity contribution in [3.05, 3.63) is 48.0 Å². The van der Waals surface area contributed by atoms with Crippen molar-refractivity contribution in [2.45, 2.75) is 19.4 Å². The van der Waals surface area contributed by atoms with E-state index in [9.17, 15) is 9.90 Å². The maximum absolute atomic E-state index is 11.6. The van der Waals surface area contributed by atoms with E-state index in [4.69, 9.17) is 0 Å². The monoisotopic (exact) mass is 257 g/mol. The van der Waals surface area contributed by atoms with Crippen molar-refractivity contribution in [1.29, 1.82) is 0 Å². The molecule has 3 heteroatoms. The van der Waals surface area contributed by atoms with Crippen molar-refractivity contribution < 1.29 is 9.90 Å². The number of hydrogen-bond donors (Lipinski definition) is 1.